The van der Waals surface area contributed by atoms with E-state index in [0.29, 0.717) is 17.4 Å². The SMILES string of the molecule is O=C1NCCc2ccc(Cl)nc21. The largest absolute Gasteiger partial charge is 0.350 e. The van der Waals surface area contributed by atoms with E-state index in [1.165, 1.54) is 0 Å². The molecular formula is C8H7ClN2O. The van der Waals surface area contributed by atoms with Crippen molar-refractivity contribution >= 4 is 17.5 Å². The molecule has 62 valence electrons. The van der Waals surface area contributed by atoms with E-state index in [-0.39, 0.29) is 5.91 Å². The molecule has 1 aliphatic heterocycles. The molecule has 0 aromatic carbocycles. The number of carbonyl (C=O) groups is 1. The first-order valence-electron chi connectivity index (χ1n) is 3.71. The van der Waals surface area contributed by atoms with E-state index in [4.69, 9.17) is 11.6 Å². The number of amides is 1. The molecule has 0 spiro atoms. The van der Waals surface area contributed by atoms with Gasteiger partial charge in [-0.3, -0.25) is 4.79 Å². The smallest absolute Gasteiger partial charge is 0.270 e. The van der Waals surface area contributed by atoms with Crippen LogP contribution in [0.1, 0.15) is 16.1 Å². The molecule has 4 heteroatoms. The number of nitrogens with zero attached hydrogens (tertiary/aromatic N) is 1. The fourth-order valence-corrected chi connectivity index (χ4v) is 1.40. The van der Waals surface area contributed by atoms with Crippen LogP contribution in [0.25, 0.3) is 0 Å². The first-order valence-corrected chi connectivity index (χ1v) is 4.09. The molecule has 1 aliphatic rings. The number of nitrogens with one attached hydrogen (secondary N) is 1. The molecule has 12 heavy (non-hydrogen) atoms. The molecule has 0 unspecified atom stereocenters. The molecule has 0 saturated carbocycles. The summed E-state index contributed by atoms with van der Waals surface area (Å²) >= 11 is 5.65. The third-order valence-corrected chi connectivity index (χ3v) is 2.05. The van der Waals surface area contributed by atoms with E-state index < -0.39 is 0 Å². The minimum absolute atomic E-state index is 0.126. The van der Waals surface area contributed by atoms with Gasteiger partial charge >= 0.3 is 0 Å². The summed E-state index contributed by atoms with van der Waals surface area (Å²) in [7, 11) is 0. The average Bonchev–Trinajstić information content (AvgIpc) is 2.07. The second kappa shape index (κ2) is 2.75. The molecule has 0 atom stereocenters. The minimum Gasteiger partial charge on any atom is -0.350 e. The van der Waals surface area contributed by atoms with Crippen LogP contribution in [0.4, 0.5) is 0 Å². The Morgan fingerprint density at radius 2 is 2.33 bits per heavy atom. The van der Waals surface area contributed by atoms with Crippen LogP contribution in [0, 0.1) is 0 Å². The molecule has 0 radical (unpaired) electrons. The predicted octanol–water partition coefficient (Wildman–Crippen LogP) is 1.02. The van der Waals surface area contributed by atoms with Crippen molar-refractivity contribution in [3.05, 3.63) is 28.5 Å². The van der Waals surface area contributed by atoms with Gasteiger partial charge in [0, 0.05) is 6.54 Å². The van der Waals surface area contributed by atoms with Crippen molar-refractivity contribution < 1.29 is 4.79 Å². The van der Waals surface area contributed by atoms with Gasteiger partial charge in [0.15, 0.2) is 0 Å². The number of halogens is 1. The summed E-state index contributed by atoms with van der Waals surface area (Å²) in [6.45, 7) is 0.690. The lowest BCUT2D eigenvalue weighted by Gasteiger charge is -2.14. The topological polar surface area (TPSA) is 42.0 Å². The second-order valence-electron chi connectivity index (χ2n) is 2.65. The number of carbonyl (C=O) groups excluding carboxylic acids is 1. The van der Waals surface area contributed by atoms with Gasteiger partial charge in [-0.05, 0) is 18.1 Å². The van der Waals surface area contributed by atoms with Crippen molar-refractivity contribution in [2.45, 2.75) is 6.42 Å². The third-order valence-electron chi connectivity index (χ3n) is 1.84. The summed E-state index contributed by atoms with van der Waals surface area (Å²) in [6.07, 6.45) is 0.839. The third kappa shape index (κ3) is 1.16. The van der Waals surface area contributed by atoms with Gasteiger partial charge in [-0.1, -0.05) is 17.7 Å². The zero-order chi connectivity index (χ0) is 8.55. The van der Waals surface area contributed by atoms with Crippen LogP contribution in [-0.4, -0.2) is 17.4 Å². The number of rotatable bonds is 0. The number of pyridine rings is 1. The van der Waals surface area contributed by atoms with E-state index in [9.17, 15) is 4.79 Å². The molecule has 1 aromatic heterocycles. The fourth-order valence-electron chi connectivity index (χ4n) is 1.26. The molecule has 0 aliphatic carbocycles. The monoisotopic (exact) mass is 182 g/mol. The molecule has 2 rings (SSSR count). The van der Waals surface area contributed by atoms with Crippen molar-refractivity contribution in [3.8, 4) is 0 Å². The number of fused-ring (bicyclic) bond motifs is 1. The van der Waals surface area contributed by atoms with Crippen molar-refractivity contribution in [1.82, 2.24) is 10.3 Å². The second-order valence-corrected chi connectivity index (χ2v) is 3.03. The Balaban J connectivity index is 2.54. The average molecular weight is 183 g/mol. The Kier molecular flexibility index (Phi) is 1.73. The van der Waals surface area contributed by atoms with E-state index in [1.807, 2.05) is 6.07 Å². The quantitative estimate of drug-likeness (QED) is 0.609. The van der Waals surface area contributed by atoms with Crippen molar-refractivity contribution in [3.63, 3.8) is 0 Å². The van der Waals surface area contributed by atoms with Gasteiger partial charge in [-0.15, -0.1) is 0 Å². The normalized spacial score (nSPS) is 15.2. The standard InChI is InChI=1S/C8H7ClN2O/c9-6-2-1-5-3-4-10-8(12)7(5)11-6/h1-2H,3-4H2,(H,10,12). The van der Waals surface area contributed by atoms with Crippen LogP contribution in [-0.2, 0) is 6.42 Å². The van der Waals surface area contributed by atoms with Crippen LogP contribution in [0.3, 0.4) is 0 Å². The zero-order valence-corrected chi connectivity index (χ0v) is 7.06. The molecule has 0 saturated heterocycles. The highest BCUT2D eigenvalue weighted by atomic mass is 35.5. The molecule has 3 nitrogen and oxygen atoms in total. The highest BCUT2D eigenvalue weighted by molar-refractivity contribution is 6.29. The molecule has 2 heterocycles. The van der Waals surface area contributed by atoms with Crippen LogP contribution >= 0.6 is 11.6 Å². The minimum atomic E-state index is -0.126. The zero-order valence-electron chi connectivity index (χ0n) is 6.30. The predicted molar refractivity (Wildman–Crippen MR) is 45.3 cm³/mol. The van der Waals surface area contributed by atoms with Gasteiger partial charge in [0.1, 0.15) is 10.8 Å². The van der Waals surface area contributed by atoms with Gasteiger partial charge in [0.25, 0.3) is 5.91 Å². The summed E-state index contributed by atoms with van der Waals surface area (Å²) in [5.41, 5.74) is 1.44. The Morgan fingerprint density at radius 3 is 3.17 bits per heavy atom. The summed E-state index contributed by atoms with van der Waals surface area (Å²) < 4.78 is 0. The maximum Gasteiger partial charge on any atom is 0.270 e. The molecule has 0 fully saturated rings. The Hall–Kier alpha value is -1.09. The van der Waals surface area contributed by atoms with E-state index in [1.54, 1.807) is 6.07 Å². The van der Waals surface area contributed by atoms with Crippen molar-refractivity contribution in [2.24, 2.45) is 0 Å². The van der Waals surface area contributed by atoms with Crippen molar-refractivity contribution in [2.75, 3.05) is 6.54 Å². The van der Waals surface area contributed by atoms with Crippen LogP contribution < -0.4 is 5.32 Å². The van der Waals surface area contributed by atoms with Crippen LogP contribution in [0.2, 0.25) is 5.15 Å². The van der Waals surface area contributed by atoms with E-state index in [0.717, 1.165) is 12.0 Å². The van der Waals surface area contributed by atoms with Crippen molar-refractivity contribution in [1.29, 1.82) is 0 Å². The van der Waals surface area contributed by atoms with Gasteiger partial charge in [-0.25, -0.2) is 4.98 Å². The van der Waals surface area contributed by atoms with Crippen LogP contribution in [0.15, 0.2) is 12.1 Å². The maximum atomic E-state index is 11.2. The van der Waals surface area contributed by atoms with Gasteiger partial charge < -0.3 is 5.32 Å². The lowest BCUT2D eigenvalue weighted by molar-refractivity contribution is 0.0940. The van der Waals surface area contributed by atoms with E-state index in [2.05, 4.69) is 10.3 Å². The summed E-state index contributed by atoms with van der Waals surface area (Å²) in [5, 5.41) is 3.07. The first-order chi connectivity index (χ1) is 5.77. The van der Waals surface area contributed by atoms with Gasteiger partial charge in [0.05, 0.1) is 0 Å². The lowest BCUT2D eigenvalue weighted by Crippen LogP contribution is -2.32. The molecule has 1 amide bonds. The van der Waals surface area contributed by atoms with E-state index >= 15 is 0 Å². The molecular weight excluding hydrogens is 176 g/mol. The summed E-state index contributed by atoms with van der Waals surface area (Å²) in [4.78, 5) is 15.2. The van der Waals surface area contributed by atoms with Gasteiger partial charge in [0.2, 0.25) is 0 Å². The number of aromatic nitrogens is 1. The van der Waals surface area contributed by atoms with Crippen LogP contribution in [0.5, 0.6) is 0 Å². The summed E-state index contributed by atoms with van der Waals surface area (Å²) in [6, 6.07) is 3.56. The maximum absolute atomic E-state index is 11.2. The van der Waals surface area contributed by atoms with Gasteiger partial charge in [-0.2, -0.15) is 0 Å². The Labute approximate surface area is 74.8 Å². The lowest BCUT2D eigenvalue weighted by atomic mass is 10.1. The molecule has 1 N–H and O–H groups in total. The summed E-state index contributed by atoms with van der Waals surface area (Å²) in [5.74, 6) is -0.126. The fraction of sp³-hybridized carbons (Fsp3) is 0.250. The first kappa shape index (κ1) is 7.55. The number of hydrogen-bond donors (Lipinski definition) is 1. The highest BCUT2D eigenvalue weighted by Crippen LogP contribution is 2.14. The highest BCUT2D eigenvalue weighted by Gasteiger charge is 2.17. The molecule has 1 aromatic rings. The Bertz CT molecular complexity index is 338. The number of hydrogen-bond acceptors (Lipinski definition) is 2. The Morgan fingerprint density at radius 1 is 1.50 bits per heavy atom. The molecule has 0 bridgehead atoms.